The first-order valence-electron chi connectivity index (χ1n) is 8.75. The summed E-state index contributed by atoms with van der Waals surface area (Å²) in [5.74, 6) is -1.42. The molecule has 2 aromatic rings. The van der Waals surface area contributed by atoms with Crippen molar-refractivity contribution in [3.05, 3.63) is 23.3 Å². The number of benzene rings is 2. The van der Waals surface area contributed by atoms with Crippen LogP contribution >= 0.6 is 0 Å². The van der Waals surface area contributed by atoms with Crippen molar-refractivity contribution in [1.29, 1.82) is 0 Å². The minimum atomic E-state index is -1.41. The maximum atomic E-state index is 13.0. The minimum Gasteiger partial charge on any atom is -0.493 e. The largest absolute Gasteiger partial charge is 0.493 e. The Labute approximate surface area is 178 Å². The predicted octanol–water partition coefficient (Wildman–Crippen LogP) is 2.27. The van der Waals surface area contributed by atoms with Gasteiger partial charge < -0.3 is 44.6 Å². The van der Waals surface area contributed by atoms with E-state index in [-0.39, 0.29) is 45.7 Å². The first kappa shape index (κ1) is 23.3. The topological polar surface area (TPSA) is 148 Å². The molecule has 0 aromatic heterocycles. The van der Waals surface area contributed by atoms with Crippen LogP contribution in [0.2, 0.25) is 0 Å². The number of carbonyl (C=O) groups excluding carboxylic acids is 1. The molecule has 31 heavy (non-hydrogen) atoms. The van der Waals surface area contributed by atoms with Crippen molar-refractivity contribution in [2.75, 3.05) is 53.7 Å². The smallest absolute Gasteiger partial charge is 0.340 e. The number of nitrogen functional groups attached to an aromatic ring is 1. The average molecular weight is 436 g/mol. The van der Waals surface area contributed by atoms with Crippen LogP contribution in [-0.4, -0.2) is 59.6 Å². The van der Waals surface area contributed by atoms with Crippen LogP contribution < -0.4 is 39.5 Å². The van der Waals surface area contributed by atoms with Gasteiger partial charge in [0, 0.05) is 5.56 Å². The molecule has 0 aliphatic carbocycles. The quantitative estimate of drug-likeness (QED) is 0.500. The molecule has 0 heterocycles. The zero-order valence-electron chi connectivity index (χ0n) is 17.9. The van der Waals surface area contributed by atoms with Crippen LogP contribution in [0.3, 0.4) is 0 Å². The lowest BCUT2D eigenvalue weighted by Gasteiger charge is -2.21. The van der Waals surface area contributed by atoms with Crippen LogP contribution in [0.25, 0.3) is 0 Å². The molecule has 2 aromatic carbocycles. The van der Waals surface area contributed by atoms with Gasteiger partial charge in [-0.15, -0.1) is 0 Å². The van der Waals surface area contributed by atoms with E-state index < -0.39 is 17.4 Å². The lowest BCUT2D eigenvalue weighted by Crippen LogP contribution is -2.18. The van der Waals surface area contributed by atoms with E-state index >= 15 is 0 Å². The Morgan fingerprint density at radius 3 is 1.65 bits per heavy atom. The van der Waals surface area contributed by atoms with Crippen molar-refractivity contribution in [2.24, 2.45) is 0 Å². The Morgan fingerprint density at radius 1 is 0.774 bits per heavy atom. The summed E-state index contributed by atoms with van der Waals surface area (Å²) < 4.78 is 31.5. The summed E-state index contributed by atoms with van der Waals surface area (Å²) in [7, 11) is 8.14. The van der Waals surface area contributed by atoms with Crippen LogP contribution in [0.5, 0.6) is 34.5 Å². The number of aromatic carboxylic acids is 1. The number of ether oxygens (including phenoxy) is 6. The summed E-state index contributed by atoms with van der Waals surface area (Å²) in [6, 6.07) is 2.82. The van der Waals surface area contributed by atoms with E-state index in [1.807, 2.05) is 0 Å². The highest BCUT2D eigenvalue weighted by Crippen LogP contribution is 2.50. The van der Waals surface area contributed by atoms with Gasteiger partial charge in [-0.3, -0.25) is 4.79 Å². The SMILES string of the molecule is COc1cc(C(=O)Nc2c(OC)c(OC)c(OC)c(N)c2C(=O)O)cc(OC)c1OC. The molecule has 1 amide bonds. The fourth-order valence-corrected chi connectivity index (χ4v) is 3.02. The molecule has 0 bridgehead atoms. The van der Waals surface area contributed by atoms with E-state index in [1.54, 1.807) is 0 Å². The average Bonchev–Trinajstić information content (AvgIpc) is 2.76. The summed E-state index contributed by atoms with van der Waals surface area (Å²) in [4.78, 5) is 25.0. The molecule has 168 valence electrons. The lowest BCUT2D eigenvalue weighted by molar-refractivity contribution is 0.0698. The van der Waals surface area contributed by atoms with Gasteiger partial charge in [-0.05, 0) is 12.1 Å². The molecular weight excluding hydrogens is 412 g/mol. The normalized spacial score (nSPS) is 10.1. The number of amides is 1. The van der Waals surface area contributed by atoms with Crippen LogP contribution in [0.1, 0.15) is 20.7 Å². The summed E-state index contributed by atoms with van der Waals surface area (Å²) in [6.45, 7) is 0. The second-order valence-corrected chi connectivity index (χ2v) is 5.94. The fourth-order valence-electron chi connectivity index (χ4n) is 3.02. The Kier molecular flexibility index (Phi) is 7.24. The summed E-state index contributed by atoms with van der Waals surface area (Å²) >= 11 is 0. The third kappa shape index (κ3) is 4.15. The van der Waals surface area contributed by atoms with Crippen LogP contribution in [-0.2, 0) is 0 Å². The Hall–Kier alpha value is -4.02. The molecule has 0 aliphatic rings. The van der Waals surface area contributed by atoms with Crippen molar-refractivity contribution < 1.29 is 43.1 Å². The van der Waals surface area contributed by atoms with E-state index in [4.69, 9.17) is 34.2 Å². The standard InChI is InChI=1S/C20H24N2O9/c1-26-10-7-9(8-11(27-2)15(10)28-3)19(23)22-14-12(20(24)25)13(21)16(29-4)18(31-6)17(14)30-5/h7-8H,21H2,1-6H3,(H,22,23)(H,24,25). The van der Waals surface area contributed by atoms with Crippen LogP contribution in [0.4, 0.5) is 11.4 Å². The molecule has 0 atom stereocenters. The van der Waals surface area contributed by atoms with Crippen molar-refractivity contribution in [1.82, 2.24) is 0 Å². The number of carboxylic acids is 1. The number of nitrogens with one attached hydrogen (secondary N) is 1. The maximum absolute atomic E-state index is 13.0. The molecule has 11 heteroatoms. The monoisotopic (exact) mass is 436 g/mol. The van der Waals surface area contributed by atoms with Gasteiger partial charge >= 0.3 is 5.97 Å². The molecule has 4 N–H and O–H groups in total. The predicted molar refractivity (Wildman–Crippen MR) is 112 cm³/mol. The van der Waals surface area contributed by atoms with Crippen molar-refractivity contribution >= 4 is 23.3 Å². The van der Waals surface area contributed by atoms with Gasteiger partial charge in [-0.2, -0.15) is 0 Å². The van der Waals surface area contributed by atoms with Gasteiger partial charge in [-0.25, -0.2) is 4.79 Å². The van der Waals surface area contributed by atoms with E-state index in [9.17, 15) is 14.7 Å². The first-order valence-corrected chi connectivity index (χ1v) is 8.75. The zero-order valence-corrected chi connectivity index (χ0v) is 17.9. The van der Waals surface area contributed by atoms with Gasteiger partial charge in [0.15, 0.2) is 23.0 Å². The third-order valence-corrected chi connectivity index (χ3v) is 4.40. The number of methoxy groups -OCH3 is 6. The van der Waals surface area contributed by atoms with Crippen LogP contribution in [0, 0.1) is 0 Å². The number of carbonyl (C=O) groups is 2. The summed E-state index contributed by atoms with van der Waals surface area (Å²) in [5, 5.41) is 12.2. The molecule has 0 aliphatic heterocycles. The Morgan fingerprint density at radius 2 is 1.26 bits per heavy atom. The van der Waals surface area contributed by atoms with Crippen LogP contribution in [0.15, 0.2) is 12.1 Å². The highest BCUT2D eigenvalue weighted by atomic mass is 16.5. The van der Waals surface area contributed by atoms with Gasteiger partial charge in [0.2, 0.25) is 11.5 Å². The number of rotatable bonds is 9. The first-order chi connectivity index (χ1) is 14.8. The molecule has 0 saturated heterocycles. The number of carboxylic acid groups (broad SMARTS) is 1. The number of hydrogen-bond donors (Lipinski definition) is 3. The molecule has 0 saturated carbocycles. The highest BCUT2D eigenvalue weighted by molar-refractivity contribution is 6.12. The third-order valence-electron chi connectivity index (χ3n) is 4.40. The molecule has 0 radical (unpaired) electrons. The Bertz CT molecular complexity index is 980. The second-order valence-electron chi connectivity index (χ2n) is 5.94. The highest BCUT2D eigenvalue weighted by Gasteiger charge is 2.30. The fraction of sp³-hybridized carbons (Fsp3) is 0.300. The molecule has 0 unspecified atom stereocenters. The van der Waals surface area contributed by atoms with Crippen molar-refractivity contribution in [3.8, 4) is 34.5 Å². The Balaban J connectivity index is 2.69. The maximum Gasteiger partial charge on any atom is 0.340 e. The second kappa shape index (κ2) is 9.65. The molecule has 0 spiro atoms. The lowest BCUT2D eigenvalue weighted by atomic mass is 10.1. The summed E-state index contributed by atoms with van der Waals surface area (Å²) in [5.41, 5.74) is 5.22. The molecule has 2 rings (SSSR count). The van der Waals surface area contributed by atoms with Gasteiger partial charge in [-0.1, -0.05) is 0 Å². The molecule has 11 nitrogen and oxygen atoms in total. The van der Waals surface area contributed by atoms with Gasteiger partial charge in [0.1, 0.15) is 11.3 Å². The van der Waals surface area contributed by atoms with Gasteiger partial charge in [0.25, 0.3) is 5.91 Å². The van der Waals surface area contributed by atoms with E-state index in [0.717, 1.165) is 0 Å². The summed E-state index contributed by atoms with van der Waals surface area (Å²) in [6.07, 6.45) is 0. The van der Waals surface area contributed by atoms with E-state index in [2.05, 4.69) is 5.32 Å². The molecule has 0 fully saturated rings. The zero-order chi connectivity index (χ0) is 23.3. The van der Waals surface area contributed by atoms with Crippen molar-refractivity contribution in [3.63, 3.8) is 0 Å². The van der Waals surface area contributed by atoms with Gasteiger partial charge in [0.05, 0.1) is 48.3 Å². The number of anilines is 2. The number of hydrogen-bond acceptors (Lipinski definition) is 9. The van der Waals surface area contributed by atoms with Crippen molar-refractivity contribution in [2.45, 2.75) is 0 Å². The van der Waals surface area contributed by atoms with E-state index in [1.165, 1.54) is 54.8 Å². The minimum absolute atomic E-state index is 0.0210. The molecular formula is C20H24N2O9. The number of nitrogens with two attached hydrogens (primary N) is 1. The van der Waals surface area contributed by atoms with E-state index in [0.29, 0.717) is 5.75 Å².